The van der Waals surface area contributed by atoms with Gasteiger partial charge in [-0.2, -0.15) is 4.31 Å². The van der Waals surface area contributed by atoms with Gasteiger partial charge in [-0.05, 0) is 123 Å². The van der Waals surface area contributed by atoms with E-state index in [1.165, 1.54) is 37.6 Å². The number of methoxy groups -OCH3 is 2. The van der Waals surface area contributed by atoms with E-state index < -0.39 is 118 Å². The summed E-state index contributed by atoms with van der Waals surface area (Å²) < 4.78 is 74.4. The maximum atomic E-state index is 14.6. The van der Waals surface area contributed by atoms with Crippen LogP contribution in [0.4, 0.5) is 0 Å². The number of hydrogen-bond acceptors (Lipinski definition) is 17. The van der Waals surface area contributed by atoms with Crippen molar-refractivity contribution in [1.29, 1.82) is 0 Å². The highest BCUT2D eigenvalue weighted by Crippen LogP contribution is 2.43. The van der Waals surface area contributed by atoms with Gasteiger partial charge in [0.05, 0.1) is 54.0 Å². The van der Waals surface area contributed by atoms with Crippen LogP contribution in [0, 0.1) is 23.7 Å². The predicted molar refractivity (Wildman–Crippen MR) is 260 cm³/mol. The lowest BCUT2D eigenvalue weighted by Crippen LogP contribution is -2.70. The van der Waals surface area contributed by atoms with Gasteiger partial charge in [0.25, 0.3) is 0 Å². The van der Waals surface area contributed by atoms with Gasteiger partial charge in [0.15, 0.2) is 12.6 Å². The van der Waals surface area contributed by atoms with E-state index in [2.05, 4.69) is 10.6 Å². The molecule has 0 bridgehead atoms. The molecule has 0 radical (unpaired) electrons. The van der Waals surface area contributed by atoms with Gasteiger partial charge < -0.3 is 69.3 Å². The number of nitrogens with one attached hydrogen (secondary N) is 2. The number of cyclic esters (lactones) is 1. The number of carbonyl (C=O) groups excluding carboxylic acids is 1. The molecule has 0 unspecified atom stereocenters. The molecule has 1 aromatic rings. The monoisotopic (exact) mass is 1000 g/mol. The van der Waals surface area contributed by atoms with Crippen molar-refractivity contribution in [3.05, 3.63) is 24.3 Å². The van der Waals surface area contributed by atoms with Crippen LogP contribution in [0.3, 0.4) is 0 Å². The summed E-state index contributed by atoms with van der Waals surface area (Å²) in [6.07, 6.45) is -9.39. The fourth-order valence-corrected chi connectivity index (χ4v) is 12.4. The van der Waals surface area contributed by atoms with E-state index in [1.54, 1.807) is 67.5 Å². The first-order valence-corrected chi connectivity index (χ1v) is 26.5. The Morgan fingerprint density at radius 3 is 2.14 bits per heavy atom. The molecule has 69 heavy (non-hydrogen) atoms. The van der Waals surface area contributed by atoms with Gasteiger partial charge in [-0.3, -0.25) is 4.79 Å². The standard InChI is InChI=1S/C50H89N3O15S/c1-16-22-51-28-50(59)35(10)65-40(25-48(50,12)63-15)67-42-32(7)44(47(11,57)24-30(5)26-52-34(9)43(55)49(13,58)39(17-2)66-45(56)33(42)8)68-46-41(54)38(23-31(6)64-46)53(27-29(3)4)69(60,61)37-20-18-36(62-14)19-21-37/h18-21,29-35,38-44,46,51-52,54-55,57-59H,16-17,22-28H2,1-15H3/t30-,31-,32+,33-,34-,35+,38+,39-,40+,41-,42+,43-,44-,46+,47-,48-,49-,50+/m1/s1. The lowest BCUT2D eigenvalue weighted by molar-refractivity contribution is -0.336. The zero-order valence-corrected chi connectivity index (χ0v) is 44.8. The van der Waals surface area contributed by atoms with Crippen molar-refractivity contribution in [2.45, 2.75) is 217 Å². The molecule has 0 spiro atoms. The number of benzene rings is 1. The second-order valence-electron chi connectivity index (χ2n) is 21.4. The molecule has 4 rings (SSSR count). The smallest absolute Gasteiger partial charge is 0.311 e. The van der Waals surface area contributed by atoms with Crippen LogP contribution in [-0.4, -0.2) is 174 Å². The van der Waals surface area contributed by atoms with Gasteiger partial charge in [-0.15, -0.1) is 0 Å². The molecular weight excluding hydrogens is 915 g/mol. The van der Waals surface area contributed by atoms with Gasteiger partial charge >= 0.3 is 5.97 Å². The van der Waals surface area contributed by atoms with Crippen molar-refractivity contribution in [2.75, 3.05) is 40.4 Å². The number of hydrogen-bond donors (Lipinski definition) is 7. The van der Waals surface area contributed by atoms with E-state index in [0.717, 1.165) is 6.42 Å². The van der Waals surface area contributed by atoms with E-state index in [0.29, 0.717) is 12.3 Å². The Hall–Kier alpha value is -2.08. The van der Waals surface area contributed by atoms with Crippen molar-refractivity contribution in [2.24, 2.45) is 23.7 Å². The summed E-state index contributed by atoms with van der Waals surface area (Å²) in [5, 5.41) is 67.3. The van der Waals surface area contributed by atoms with E-state index in [1.807, 2.05) is 27.7 Å². The lowest BCUT2D eigenvalue weighted by Gasteiger charge is -2.53. The van der Waals surface area contributed by atoms with Crippen molar-refractivity contribution in [3.63, 3.8) is 0 Å². The van der Waals surface area contributed by atoms with Gasteiger partial charge in [-0.25, -0.2) is 8.42 Å². The Kier molecular flexibility index (Phi) is 21.0. The highest BCUT2D eigenvalue weighted by molar-refractivity contribution is 7.89. The van der Waals surface area contributed by atoms with Gasteiger partial charge in [0, 0.05) is 38.6 Å². The molecule has 19 heteroatoms. The third-order valence-electron chi connectivity index (χ3n) is 14.9. The van der Waals surface area contributed by atoms with Gasteiger partial charge in [0.2, 0.25) is 10.0 Å². The van der Waals surface area contributed by atoms with Gasteiger partial charge in [0.1, 0.15) is 40.9 Å². The largest absolute Gasteiger partial charge is 0.497 e. The molecular formula is C50H89N3O15S. The van der Waals surface area contributed by atoms with Crippen LogP contribution in [0.2, 0.25) is 0 Å². The summed E-state index contributed by atoms with van der Waals surface area (Å²) >= 11 is 0. The molecule has 3 aliphatic rings. The quantitative estimate of drug-likeness (QED) is 0.0922. The second kappa shape index (κ2) is 24.3. The number of esters is 1. The Bertz CT molecular complexity index is 1880. The molecule has 0 amide bonds. The van der Waals surface area contributed by atoms with E-state index in [-0.39, 0.29) is 62.0 Å². The highest BCUT2D eigenvalue weighted by Gasteiger charge is 2.58. The first-order chi connectivity index (χ1) is 32.0. The van der Waals surface area contributed by atoms with Crippen LogP contribution in [0.15, 0.2) is 29.2 Å². The van der Waals surface area contributed by atoms with Crippen LogP contribution in [-0.2, 0) is 43.2 Å². The molecule has 3 saturated heterocycles. The molecule has 3 fully saturated rings. The zero-order valence-electron chi connectivity index (χ0n) is 44.0. The molecule has 3 heterocycles. The topological polar surface area (TPSA) is 244 Å². The maximum absolute atomic E-state index is 14.6. The number of carbonyl (C=O) groups is 1. The first kappa shape index (κ1) is 59.5. The number of rotatable bonds is 16. The fraction of sp³-hybridized carbons (Fsp3) is 0.860. The minimum absolute atomic E-state index is 0.0160. The summed E-state index contributed by atoms with van der Waals surface area (Å²) in [7, 11) is -1.21. The third kappa shape index (κ3) is 13.6. The highest BCUT2D eigenvalue weighted by atomic mass is 32.2. The Labute approximate surface area is 412 Å². The molecule has 18 atom stereocenters. The third-order valence-corrected chi connectivity index (χ3v) is 16.8. The molecule has 3 aliphatic heterocycles. The molecule has 0 saturated carbocycles. The van der Waals surface area contributed by atoms with Crippen molar-refractivity contribution >= 4 is 16.0 Å². The van der Waals surface area contributed by atoms with Crippen molar-refractivity contribution < 1.29 is 71.9 Å². The molecule has 18 nitrogen and oxygen atoms in total. The Balaban J connectivity index is 1.86. The molecule has 400 valence electrons. The summed E-state index contributed by atoms with van der Waals surface area (Å²) in [6.45, 7) is 24.0. The molecule has 7 N–H and O–H groups in total. The summed E-state index contributed by atoms with van der Waals surface area (Å²) in [5.41, 5.74) is -6.36. The summed E-state index contributed by atoms with van der Waals surface area (Å²) in [4.78, 5) is 14.6. The van der Waals surface area contributed by atoms with Gasteiger partial charge in [-0.1, -0.05) is 41.5 Å². The number of aliphatic hydroxyl groups is 5. The lowest BCUT2D eigenvalue weighted by atomic mass is 9.75. The maximum Gasteiger partial charge on any atom is 0.311 e. The average molecular weight is 1000 g/mol. The number of ether oxygens (including phenoxy) is 7. The Morgan fingerprint density at radius 2 is 1.58 bits per heavy atom. The van der Waals surface area contributed by atoms with E-state index in [4.69, 9.17) is 33.2 Å². The van der Waals surface area contributed by atoms with Crippen LogP contribution in [0.25, 0.3) is 0 Å². The minimum Gasteiger partial charge on any atom is -0.497 e. The van der Waals surface area contributed by atoms with Crippen LogP contribution in [0.1, 0.15) is 122 Å². The van der Waals surface area contributed by atoms with Crippen LogP contribution >= 0.6 is 0 Å². The number of nitrogens with zero attached hydrogens (tertiary/aromatic N) is 1. The Morgan fingerprint density at radius 1 is 0.942 bits per heavy atom. The fourth-order valence-electron chi connectivity index (χ4n) is 10.6. The minimum atomic E-state index is -4.21. The van der Waals surface area contributed by atoms with Crippen molar-refractivity contribution in [3.8, 4) is 5.75 Å². The first-order valence-electron chi connectivity index (χ1n) is 25.1. The summed E-state index contributed by atoms with van der Waals surface area (Å²) in [6, 6.07) is 4.35. The van der Waals surface area contributed by atoms with Crippen molar-refractivity contribution in [1.82, 2.24) is 14.9 Å². The molecule has 0 aromatic heterocycles. The second-order valence-corrected chi connectivity index (χ2v) is 23.3. The van der Waals surface area contributed by atoms with E-state index in [9.17, 15) is 38.7 Å². The predicted octanol–water partition coefficient (Wildman–Crippen LogP) is 3.72. The molecule has 0 aliphatic carbocycles. The average Bonchev–Trinajstić information content (AvgIpc) is 3.28. The number of sulfonamides is 1. The molecule has 1 aromatic carbocycles. The van der Waals surface area contributed by atoms with Crippen LogP contribution < -0.4 is 15.4 Å². The normalized spacial score (nSPS) is 41.3. The number of aliphatic hydroxyl groups excluding tert-OH is 2. The SMILES string of the molecule is CCCNC[C@]1(O)[C@H](C)O[C@@H](O[C@H]2[C@H](C)[C@@H](O[C@@H]3O[C@H](C)C[C@H](N(CC(C)C)S(=O)(=O)c4ccc(OC)cc4)[C@H]3O)[C@](C)(O)C[C@@H](C)CN[C@H](C)[C@@H](O)[C@](C)(O)[C@@H](CC)OC(=O)[C@@H]2C)C[C@@]1(C)OC. The van der Waals surface area contributed by atoms with E-state index >= 15 is 0 Å². The van der Waals surface area contributed by atoms with Crippen LogP contribution in [0.5, 0.6) is 5.75 Å². The zero-order chi connectivity index (χ0) is 52.0. The summed E-state index contributed by atoms with van der Waals surface area (Å²) in [5.74, 6) is -2.82.